The SMILES string of the molecule is O=C(I)NCc1[nH]cnc1-c1ccccc1. The standard InChI is InChI=1S/C11H10IN3O/c12-11(16)13-6-9-10(15-7-14-9)8-4-2-1-3-5-8/h1-5,7H,6H2,(H,13,16)(H,14,15). The topological polar surface area (TPSA) is 57.8 Å². The lowest BCUT2D eigenvalue weighted by Crippen LogP contribution is -2.15. The Hall–Kier alpha value is -1.37. The van der Waals surface area contributed by atoms with Gasteiger partial charge in [-0.25, -0.2) is 4.98 Å². The van der Waals surface area contributed by atoms with Crippen LogP contribution in [0.25, 0.3) is 11.3 Å². The molecule has 0 radical (unpaired) electrons. The van der Waals surface area contributed by atoms with E-state index in [4.69, 9.17) is 0 Å². The molecule has 0 bridgehead atoms. The molecule has 1 aromatic heterocycles. The van der Waals surface area contributed by atoms with Crippen LogP contribution >= 0.6 is 22.6 Å². The monoisotopic (exact) mass is 327 g/mol. The minimum absolute atomic E-state index is 0.0776. The van der Waals surface area contributed by atoms with Crippen molar-refractivity contribution in [3.05, 3.63) is 42.4 Å². The highest BCUT2D eigenvalue weighted by molar-refractivity contribution is 14.1. The Morgan fingerprint density at radius 2 is 2.12 bits per heavy atom. The number of benzene rings is 1. The summed E-state index contributed by atoms with van der Waals surface area (Å²) in [6, 6.07) is 9.87. The summed E-state index contributed by atoms with van der Waals surface area (Å²) in [4.78, 5) is 18.1. The van der Waals surface area contributed by atoms with Crippen LogP contribution in [0.3, 0.4) is 0 Å². The van der Waals surface area contributed by atoms with Crippen LogP contribution in [-0.2, 0) is 6.54 Å². The third-order valence-corrected chi connectivity index (χ3v) is 2.55. The van der Waals surface area contributed by atoms with Crippen LogP contribution in [0.5, 0.6) is 0 Å². The van der Waals surface area contributed by atoms with Crippen molar-refractivity contribution in [2.24, 2.45) is 0 Å². The smallest absolute Gasteiger partial charge is 0.280 e. The van der Waals surface area contributed by atoms with Gasteiger partial charge in [-0.1, -0.05) is 30.3 Å². The molecule has 1 heterocycles. The van der Waals surface area contributed by atoms with Gasteiger partial charge in [0.05, 0.1) is 24.3 Å². The molecule has 1 amide bonds. The second kappa shape index (κ2) is 5.11. The van der Waals surface area contributed by atoms with E-state index in [-0.39, 0.29) is 3.91 Å². The average molecular weight is 327 g/mol. The zero-order valence-corrected chi connectivity index (χ0v) is 10.6. The summed E-state index contributed by atoms with van der Waals surface area (Å²) in [5.74, 6) is 0. The van der Waals surface area contributed by atoms with Gasteiger partial charge in [-0.3, -0.25) is 4.79 Å². The van der Waals surface area contributed by atoms with E-state index >= 15 is 0 Å². The quantitative estimate of drug-likeness (QED) is 0.517. The molecular formula is C11H10IN3O. The minimum Gasteiger partial charge on any atom is -0.346 e. The van der Waals surface area contributed by atoms with E-state index in [1.807, 2.05) is 30.3 Å². The van der Waals surface area contributed by atoms with Crippen LogP contribution in [0.4, 0.5) is 4.79 Å². The Morgan fingerprint density at radius 3 is 2.81 bits per heavy atom. The minimum atomic E-state index is -0.0776. The number of carbonyl (C=O) groups excluding carboxylic acids is 1. The Balaban J connectivity index is 2.23. The molecule has 2 N–H and O–H groups in total. The van der Waals surface area contributed by atoms with Crippen LogP contribution in [0, 0.1) is 0 Å². The number of halogens is 1. The Kier molecular flexibility index (Phi) is 3.55. The fourth-order valence-corrected chi connectivity index (χ4v) is 1.65. The number of H-pyrrole nitrogens is 1. The predicted octanol–water partition coefficient (Wildman–Crippen LogP) is 2.72. The molecule has 2 aromatic rings. The first kappa shape index (κ1) is 11.1. The van der Waals surface area contributed by atoms with Crippen LogP contribution in [0.2, 0.25) is 0 Å². The van der Waals surface area contributed by atoms with E-state index in [9.17, 15) is 4.79 Å². The number of aromatic amines is 1. The van der Waals surface area contributed by atoms with E-state index in [2.05, 4.69) is 15.3 Å². The molecule has 16 heavy (non-hydrogen) atoms. The molecule has 0 spiro atoms. The molecule has 0 fully saturated rings. The molecule has 2 rings (SSSR count). The number of nitrogens with one attached hydrogen (secondary N) is 2. The highest BCUT2D eigenvalue weighted by atomic mass is 127. The van der Waals surface area contributed by atoms with Crippen molar-refractivity contribution in [3.8, 4) is 11.3 Å². The summed E-state index contributed by atoms with van der Waals surface area (Å²) in [6.07, 6.45) is 1.64. The van der Waals surface area contributed by atoms with Crippen molar-refractivity contribution in [3.63, 3.8) is 0 Å². The summed E-state index contributed by atoms with van der Waals surface area (Å²) in [6.45, 7) is 0.464. The highest BCUT2D eigenvalue weighted by Gasteiger charge is 2.07. The van der Waals surface area contributed by atoms with E-state index in [0.29, 0.717) is 6.54 Å². The van der Waals surface area contributed by atoms with Gasteiger partial charge in [-0.15, -0.1) is 0 Å². The van der Waals surface area contributed by atoms with Crippen molar-refractivity contribution in [2.45, 2.75) is 6.54 Å². The summed E-state index contributed by atoms with van der Waals surface area (Å²) >= 11 is 1.71. The number of nitrogens with zero attached hydrogens (tertiary/aromatic N) is 1. The van der Waals surface area contributed by atoms with Gasteiger partial charge in [0.25, 0.3) is 3.91 Å². The van der Waals surface area contributed by atoms with Crippen molar-refractivity contribution in [1.82, 2.24) is 15.3 Å². The van der Waals surface area contributed by atoms with Crippen molar-refractivity contribution < 1.29 is 4.79 Å². The normalized spacial score (nSPS) is 10.1. The lowest BCUT2D eigenvalue weighted by atomic mass is 10.1. The lowest BCUT2D eigenvalue weighted by Gasteiger charge is -2.02. The molecule has 5 heteroatoms. The molecule has 0 saturated heterocycles. The summed E-state index contributed by atoms with van der Waals surface area (Å²) in [7, 11) is 0. The molecular weight excluding hydrogens is 317 g/mol. The highest BCUT2D eigenvalue weighted by Crippen LogP contribution is 2.19. The maximum atomic E-state index is 10.8. The number of imidazole rings is 1. The second-order valence-corrected chi connectivity index (χ2v) is 4.20. The van der Waals surface area contributed by atoms with Gasteiger partial charge in [0.15, 0.2) is 0 Å². The zero-order valence-electron chi connectivity index (χ0n) is 8.40. The summed E-state index contributed by atoms with van der Waals surface area (Å²) in [5, 5.41) is 2.73. The zero-order chi connectivity index (χ0) is 11.4. The van der Waals surface area contributed by atoms with E-state index < -0.39 is 0 Å². The molecule has 1 aromatic carbocycles. The number of rotatable bonds is 3. The first-order valence-electron chi connectivity index (χ1n) is 4.78. The molecule has 0 aliphatic heterocycles. The molecule has 0 saturated carbocycles. The Labute approximate surface area is 107 Å². The van der Waals surface area contributed by atoms with E-state index in [1.54, 1.807) is 28.9 Å². The van der Waals surface area contributed by atoms with Gasteiger partial charge >= 0.3 is 0 Å². The number of carbonyl (C=O) groups is 1. The van der Waals surface area contributed by atoms with Gasteiger partial charge in [0, 0.05) is 28.2 Å². The fraction of sp³-hybridized carbons (Fsp3) is 0.0909. The second-order valence-electron chi connectivity index (χ2n) is 3.22. The van der Waals surface area contributed by atoms with Crippen molar-refractivity contribution >= 4 is 26.5 Å². The largest absolute Gasteiger partial charge is 0.346 e. The number of amides is 1. The van der Waals surface area contributed by atoms with Crippen LogP contribution in [-0.4, -0.2) is 13.9 Å². The van der Waals surface area contributed by atoms with E-state index in [0.717, 1.165) is 17.0 Å². The molecule has 0 atom stereocenters. The van der Waals surface area contributed by atoms with Crippen LogP contribution in [0.1, 0.15) is 5.69 Å². The van der Waals surface area contributed by atoms with Gasteiger partial charge in [-0.05, 0) is 0 Å². The third kappa shape index (κ3) is 2.60. The Bertz CT molecular complexity index is 481. The lowest BCUT2D eigenvalue weighted by molar-refractivity contribution is 0.262. The van der Waals surface area contributed by atoms with Gasteiger partial charge < -0.3 is 10.3 Å². The first-order valence-corrected chi connectivity index (χ1v) is 5.86. The maximum absolute atomic E-state index is 10.8. The number of aromatic nitrogens is 2. The van der Waals surface area contributed by atoms with E-state index in [1.165, 1.54) is 0 Å². The molecule has 4 nitrogen and oxygen atoms in total. The molecule has 0 aliphatic carbocycles. The average Bonchev–Trinajstić information content (AvgIpc) is 2.75. The molecule has 0 unspecified atom stereocenters. The molecule has 82 valence electrons. The third-order valence-electron chi connectivity index (χ3n) is 2.17. The van der Waals surface area contributed by atoms with Crippen LogP contribution in [0.15, 0.2) is 36.7 Å². The predicted molar refractivity (Wildman–Crippen MR) is 70.3 cm³/mol. The Morgan fingerprint density at radius 1 is 1.38 bits per heavy atom. The van der Waals surface area contributed by atoms with Crippen LogP contribution < -0.4 is 5.32 Å². The summed E-state index contributed by atoms with van der Waals surface area (Å²) in [5.41, 5.74) is 2.84. The first-order chi connectivity index (χ1) is 7.77. The van der Waals surface area contributed by atoms with Crippen molar-refractivity contribution in [1.29, 1.82) is 0 Å². The number of hydrogen-bond acceptors (Lipinski definition) is 2. The van der Waals surface area contributed by atoms with Gasteiger partial charge in [0.1, 0.15) is 0 Å². The fourth-order valence-electron chi connectivity index (χ4n) is 1.46. The molecule has 0 aliphatic rings. The van der Waals surface area contributed by atoms with Gasteiger partial charge in [-0.2, -0.15) is 0 Å². The van der Waals surface area contributed by atoms with Gasteiger partial charge in [0.2, 0.25) is 0 Å². The summed E-state index contributed by atoms with van der Waals surface area (Å²) < 4.78 is -0.0776. The number of hydrogen-bond donors (Lipinski definition) is 2. The van der Waals surface area contributed by atoms with Crippen molar-refractivity contribution in [2.75, 3.05) is 0 Å². The maximum Gasteiger partial charge on any atom is 0.280 e.